The average molecular weight is 241 g/mol. The number of fused-ring (bicyclic) bond motifs is 2. The number of carboxylic acids is 1. The Labute approximate surface area is 101 Å². The van der Waals surface area contributed by atoms with Gasteiger partial charge in [-0.1, -0.05) is 0 Å². The van der Waals surface area contributed by atoms with Crippen molar-refractivity contribution < 1.29 is 19.4 Å². The minimum Gasteiger partial charge on any atom is -0.481 e. The number of carboxylic acid groups (broad SMARTS) is 1. The number of amides is 1. The Hall–Kier alpha value is -1.26. The highest BCUT2D eigenvalue weighted by Crippen LogP contribution is 2.43. The SMILES string of the molecule is CC(C)(C)OC(=O)N1C[C@@H]2CC[C@H]1[C@H]2C(=O)O. The molecule has 1 aliphatic heterocycles. The number of aliphatic carboxylic acids is 1. The van der Waals surface area contributed by atoms with E-state index in [0.717, 1.165) is 12.8 Å². The maximum atomic E-state index is 11.9. The lowest BCUT2D eigenvalue weighted by molar-refractivity contribution is -0.142. The molecule has 2 fully saturated rings. The summed E-state index contributed by atoms with van der Waals surface area (Å²) < 4.78 is 5.30. The van der Waals surface area contributed by atoms with E-state index in [2.05, 4.69) is 0 Å². The van der Waals surface area contributed by atoms with Crippen LogP contribution in [0.3, 0.4) is 0 Å². The molecule has 1 saturated heterocycles. The zero-order valence-corrected chi connectivity index (χ0v) is 10.5. The van der Waals surface area contributed by atoms with Gasteiger partial charge in [0.25, 0.3) is 0 Å². The van der Waals surface area contributed by atoms with E-state index in [0.29, 0.717) is 6.54 Å². The van der Waals surface area contributed by atoms with Crippen molar-refractivity contribution in [3.8, 4) is 0 Å². The second-order valence-corrected chi connectivity index (χ2v) is 5.90. The Balaban J connectivity index is 2.06. The summed E-state index contributed by atoms with van der Waals surface area (Å²) in [4.78, 5) is 24.7. The number of piperidine rings is 1. The van der Waals surface area contributed by atoms with Crippen LogP contribution in [-0.2, 0) is 9.53 Å². The van der Waals surface area contributed by atoms with Crippen molar-refractivity contribution in [1.29, 1.82) is 0 Å². The summed E-state index contributed by atoms with van der Waals surface area (Å²) in [6.45, 7) is 5.96. The summed E-state index contributed by atoms with van der Waals surface area (Å²) in [5.74, 6) is -1.09. The highest BCUT2D eigenvalue weighted by Gasteiger charge is 2.53. The van der Waals surface area contributed by atoms with E-state index in [9.17, 15) is 9.59 Å². The monoisotopic (exact) mass is 241 g/mol. The first kappa shape index (κ1) is 12.2. The number of carbonyl (C=O) groups is 2. The highest BCUT2D eigenvalue weighted by atomic mass is 16.6. The smallest absolute Gasteiger partial charge is 0.410 e. The molecule has 3 atom stereocenters. The minimum atomic E-state index is -0.788. The maximum absolute atomic E-state index is 11.9. The van der Waals surface area contributed by atoms with Crippen LogP contribution in [0.15, 0.2) is 0 Å². The van der Waals surface area contributed by atoms with Gasteiger partial charge in [0.2, 0.25) is 0 Å². The Kier molecular flexibility index (Phi) is 2.79. The van der Waals surface area contributed by atoms with E-state index < -0.39 is 17.5 Å². The van der Waals surface area contributed by atoms with Crippen LogP contribution < -0.4 is 0 Å². The molecule has 2 aliphatic rings. The number of rotatable bonds is 1. The fourth-order valence-electron chi connectivity index (χ4n) is 2.90. The van der Waals surface area contributed by atoms with Crippen molar-refractivity contribution in [2.45, 2.75) is 45.3 Å². The molecule has 96 valence electrons. The van der Waals surface area contributed by atoms with Gasteiger partial charge in [0.15, 0.2) is 0 Å². The third kappa shape index (κ3) is 2.23. The van der Waals surface area contributed by atoms with E-state index in [1.54, 1.807) is 4.90 Å². The topological polar surface area (TPSA) is 66.8 Å². The largest absolute Gasteiger partial charge is 0.481 e. The van der Waals surface area contributed by atoms with E-state index in [1.807, 2.05) is 20.8 Å². The van der Waals surface area contributed by atoms with Crippen molar-refractivity contribution in [3.63, 3.8) is 0 Å². The molecule has 0 aromatic carbocycles. The number of hydrogen-bond donors (Lipinski definition) is 1. The zero-order chi connectivity index (χ0) is 12.8. The van der Waals surface area contributed by atoms with Crippen LogP contribution in [0.2, 0.25) is 0 Å². The molecule has 1 aliphatic carbocycles. The van der Waals surface area contributed by atoms with Crippen LogP contribution in [0, 0.1) is 11.8 Å². The first-order valence-corrected chi connectivity index (χ1v) is 6.02. The summed E-state index contributed by atoms with van der Waals surface area (Å²) in [5, 5.41) is 9.15. The summed E-state index contributed by atoms with van der Waals surface area (Å²) in [6.07, 6.45) is 1.30. The third-order valence-corrected chi connectivity index (χ3v) is 3.50. The lowest BCUT2D eigenvalue weighted by atomic mass is 9.99. The van der Waals surface area contributed by atoms with Gasteiger partial charge in [-0.05, 0) is 39.5 Å². The predicted molar refractivity (Wildman–Crippen MR) is 60.6 cm³/mol. The van der Waals surface area contributed by atoms with Gasteiger partial charge >= 0.3 is 12.1 Å². The molecule has 5 heteroatoms. The van der Waals surface area contributed by atoms with E-state index >= 15 is 0 Å². The molecule has 5 nitrogen and oxygen atoms in total. The fraction of sp³-hybridized carbons (Fsp3) is 0.833. The van der Waals surface area contributed by atoms with Crippen LogP contribution in [0.4, 0.5) is 4.79 Å². The molecule has 17 heavy (non-hydrogen) atoms. The van der Waals surface area contributed by atoms with Crippen molar-refractivity contribution in [2.75, 3.05) is 6.54 Å². The Morgan fingerprint density at radius 1 is 1.29 bits per heavy atom. The van der Waals surface area contributed by atoms with Crippen LogP contribution in [-0.4, -0.2) is 40.3 Å². The van der Waals surface area contributed by atoms with Gasteiger partial charge < -0.3 is 14.7 Å². The Morgan fingerprint density at radius 3 is 2.41 bits per heavy atom. The molecule has 1 saturated carbocycles. The molecule has 0 spiro atoms. The van der Waals surface area contributed by atoms with Gasteiger partial charge in [0.1, 0.15) is 5.60 Å². The van der Waals surface area contributed by atoms with Crippen molar-refractivity contribution in [3.05, 3.63) is 0 Å². The summed E-state index contributed by atoms with van der Waals surface area (Å²) in [7, 11) is 0. The second kappa shape index (κ2) is 3.89. The van der Waals surface area contributed by atoms with Gasteiger partial charge in [0, 0.05) is 12.6 Å². The summed E-state index contributed by atoms with van der Waals surface area (Å²) in [6, 6.07) is -0.174. The normalized spacial score (nSPS) is 31.7. The number of hydrogen-bond acceptors (Lipinski definition) is 3. The minimum absolute atomic E-state index is 0.102. The van der Waals surface area contributed by atoms with Gasteiger partial charge in [-0.3, -0.25) is 4.79 Å². The summed E-state index contributed by atoms with van der Waals surface area (Å²) in [5.41, 5.74) is -0.530. The molecule has 0 aromatic rings. The van der Waals surface area contributed by atoms with Gasteiger partial charge in [-0.25, -0.2) is 4.79 Å². The van der Waals surface area contributed by atoms with Crippen LogP contribution in [0.1, 0.15) is 33.6 Å². The predicted octanol–water partition coefficient (Wildman–Crippen LogP) is 1.72. The molecule has 1 amide bonds. The number of likely N-dealkylation sites (tertiary alicyclic amines) is 1. The molecule has 2 rings (SSSR count). The second-order valence-electron chi connectivity index (χ2n) is 5.90. The molecule has 0 aromatic heterocycles. The first-order chi connectivity index (χ1) is 7.79. The molecule has 1 heterocycles. The molecule has 0 radical (unpaired) electrons. The molecule has 2 bridgehead atoms. The number of carbonyl (C=O) groups excluding carboxylic acids is 1. The van der Waals surface area contributed by atoms with E-state index in [1.165, 1.54) is 0 Å². The molecular weight excluding hydrogens is 222 g/mol. The molecular formula is C12H19NO4. The zero-order valence-electron chi connectivity index (χ0n) is 10.5. The lowest BCUT2D eigenvalue weighted by Gasteiger charge is -2.30. The van der Waals surface area contributed by atoms with Gasteiger partial charge in [-0.15, -0.1) is 0 Å². The maximum Gasteiger partial charge on any atom is 0.410 e. The van der Waals surface area contributed by atoms with Crippen molar-refractivity contribution >= 4 is 12.1 Å². The van der Waals surface area contributed by atoms with E-state index in [-0.39, 0.29) is 18.1 Å². The van der Waals surface area contributed by atoms with Crippen LogP contribution in [0.25, 0.3) is 0 Å². The molecule has 1 N–H and O–H groups in total. The van der Waals surface area contributed by atoms with Crippen LogP contribution >= 0.6 is 0 Å². The summed E-state index contributed by atoms with van der Waals surface area (Å²) >= 11 is 0. The van der Waals surface area contributed by atoms with Crippen molar-refractivity contribution in [1.82, 2.24) is 4.90 Å². The number of ether oxygens (including phenoxy) is 1. The standard InChI is InChI=1S/C12H19NO4/c1-12(2,3)17-11(16)13-6-7-4-5-8(13)9(7)10(14)15/h7-9H,4-6H2,1-3H3,(H,14,15)/t7-,8-,9-/m0/s1. The first-order valence-electron chi connectivity index (χ1n) is 6.02. The van der Waals surface area contributed by atoms with Gasteiger partial charge in [0.05, 0.1) is 5.92 Å². The average Bonchev–Trinajstić information content (AvgIpc) is 2.70. The molecule has 0 unspecified atom stereocenters. The van der Waals surface area contributed by atoms with E-state index in [4.69, 9.17) is 9.84 Å². The van der Waals surface area contributed by atoms with Crippen molar-refractivity contribution in [2.24, 2.45) is 11.8 Å². The third-order valence-electron chi connectivity index (χ3n) is 3.50. The number of nitrogens with zero attached hydrogens (tertiary/aromatic N) is 1. The Bertz CT molecular complexity index is 347. The van der Waals surface area contributed by atoms with Crippen LogP contribution in [0.5, 0.6) is 0 Å². The highest BCUT2D eigenvalue weighted by molar-refractivity contribution is 5.76. The Morgan fingerprint density at radius 2 is 1.94 bits per heavy atom. The van der Waals surface area contributed by atoms with Gasteiger partial charge in [-0.2, -0.15) is 0 Å². The lowest BCUT2D eigenvalue weighted by Crippen LogP contribution is -2.42. The quantitative estimate of drug-likeness (QED) is 0.759. The fourth-order valence-corrected chi connectivity index (χ4v) is 2.90.